The van der Waals surface area contributed by atoms with E-state index in [0.29, 0.717) is 33.6 Å². The molecular formula is C29H27BrN2O3. The van der Waals surface area contributed by atoms with Crippen LogP contribution in [0.4, 0.5) is 11.4 Å². The lowest BCUT2D eigenvalue weighted by Crippen LogP contribution is -2.30. The quantitative estimate of drug-likeness (QED) is 0.272. The highest BCUT2D eigenvalue weighted by Crippen LogP contribution is 2.29. The predicted molar refractivity (Wildman–Crippen MR) is 146 cm³/mol. The molecule has 0 aliphatic heterocycles. The fourth-order valence-corrected chi connectivity index (χ4v) is 4.39. The molecule has 0 atom stereocenters. The molecule has 178 valence electrons. The van der Waals surface area contributed by atoms with Gasteiger partial charge in [-0.05, 0) is 90.6 Å². The van der Waals surface area contributed by atoms with Gasteiger partial charge in [0, 0.05) is 28.7 Å². The fourth-order valence-electron chi connectivity index (χ4n) is 3.91. The topological polar surface area (TPSA) is 58.6 Å². The van der Waals surface area contributed by atoms with Crippen LogP contribution in [0.2, 0.25) is 0 Å². The van der Waals surface area contributed by atoms with Gasteiger partial charge in [-0.15, -0.1) is 0 Å². The number of halogens is 1. The number of nitrogens with zero attached hydrogens (tertiary/aromatic N) is 1. The molecule has 1 N–H and O–H groups in total. The molecule has 0 fully saturated rings. The fraction of sp³-hybridized carbons (Fsp3) is 0.172. The van der Waals surface area contributed by atoms with E-state index in [1.165, 1.54) is 0 Å². The summed E-state index contributed by atoms with van der Waals surface area (Å²) in [6.45, 7) is 6.40. The molecule has 4 aromatic carbocycles. The third kappa shape index (κ3) is 5.54. The second-order valence-corrected chi connectivity index (χ2v) is 9.25. The van der Waals surface area contributed by atoms with Crippen LogP contribution in [0.3, 0.4) is 0 Å². The van der Waals surface area contributed by atoms with Crippen molar-refractivity contribution < 1.29 is 14.3 Å². The highest BCUT2D eigenvalue weighted by atomic mass is 79.9. The predicted octanol–water partition coefficient (Wildman–Crippen LogP) is 7.31. The summed E-state index contributed by atoms with van der Waals surface area (Å²) in [6, 6.07) is 26.2. The van der Waals surface area contributed by atoms with Crippen molar-refractivity contribution in [3.05, 3.63) is 101 Å². The van der Waals surface area contributed by atoms with Crippen molar-refractivity contribution in [3.8, 4) is 5.75 Å². The number of hydrogen-bond donors (Lipinski definition) is 1. The summed E-state index contributed by atoms with van der Waals surface area (Å²) in [6.07, 6.45) is 0.0384. The zero-order valence-electron chi connectivity index (χ0n) is 19.9. The van der Waals surface area contributed by atoms with Crippen molar-refractivity contribution in [2.75, 3.05) is 16.8 Å². The van der Waals surface area contributed by atoms with Gasteiger partial charge in [0.1, 0.15) is 5.75 Å². The molecule has 0 bridgehead atoms. The first-order valence-corrected chi connectivity index (χ1v) is 12.3. The van der Waals surface area contributed by atoms with Gasteiger partial charge in [0.2, 0.25) is 0 Å². The Morgan fingerprint density at radius 3 is 2.29 bits per heavy atom. The lowest BCUT2D eigenvalue weighted by Gasteiger charge is -2.23. The first kappa shape index (κ1) is 24.5. The van der Waals surface area contributed by atoms with E-state index < -0.39 is 0 Å². The average molecular weight is 531 g/mol. The Balaban J connectivity index is 1.49. The number of anilines is 2. The van der Waals surface area contributed by atoms with Gasteiger partial charge in [-0.25, -0.2) is 0 Å². The van der Waals surface area contributed by atoms with Crippen LogP contribution in [0.25, 0.3) is 10.8 Å². The van der Waals surface area contributed by atoms with E-state index in [1.54, 1.807) is 47.4 Å². The molecule has 4 aromatic rings. The first-order chi connectivity index (χ1) is 16.9. The van der Waals surface area contributed by atoms with E-state index in [-0.39, 0.29) is 17.9 Å². The minimum Gasteiger partial charge on any atom is -0.490 e. The zero-order valence-corrected chi connectivity index (χ0v) is 21.5. The van der Waals surface area contributed by atoms with Crippen molar-refractivity contribution in [2.45, 2.75) is 26.9 Å². The second-order valence-electron chi connectivity index (χ2n) is 8.39. The van der Waals surface area contributed by atoms with E-state index in [4.69, 9.17) is 4.74 Å². The normalized spacial score (nSPS) is 10.9. The molecule has 0 heterocycles. The lowest BCUT2D eigenvalue weighted by molar-refractivity contribution is 0.0987. The number of benzene rings is 4. The van der Waals surface area contributed by atoms with Crippen LogP contribution in [-0.2, 0) is 0 Å². The smallest absolute Gasteiger partial charge is 0.258 e. The first-order valence-electron chi connectivity index (χ1n) is 11.5. The van der Waals surface area contributed by atoms with Crippen LogP contribution in [0.1, 0.15) is 41.5 Å². The highest BCUT2D eigenvalue weighted by Gasteiger charge is 2.18. The number of amides is 2. The number of carbonyl (C=O) groups is 2. The van der Waals surface area contributed by atoms with Crippen LogP contribution in [0, 0.1) is 0 Å². The van der Waals surface area contributed by atoms with Crippen LogP contribution >= 0.6 is 15.9 Å². The van der Waals surface area contributed by atoms with Gasteiger partial charge < -0.3 is 15.0 Å². The van der Waals surface area contributed by atoms with E-state index in [9.17, 15) is 9.59 Å². The summed E-state index contributed by atoms with van der Waals surface area (Å²) >= 11 is 3.46. The van der Waals surface area contributed by atoms with Crippen molar-refractivity contribution in [1.29, 1.82) is 0 Å². The summed E-state index contributed by atoms with van der Waals surface area (Å²) in [5.74, 6) is 0.351. The molecular weight excluding hydrogens is 504 g/mol. The molecule has 35 heavy (non-hydrogen) atoms. The Morgan fingerprint density at radius 1 is 0.914 bits per heavy atom. The van der Waals surface area contributed by atoms with Gasteiger partial charge in [0.05, 0.1) is 16.3 Å². The van der Waals surface area contributed by atoms with Gasteiger partial charge in [0.25, 0.3) is 11.8 Å². The Morgan fingerprint density at radius 2 is 1.60 bits per heavy atom. The molecule has 6 heteroatoms. The van der Waals surface area contributed by atoms with E-state index in [2.05, 4.69) is 21.2 Å². The monoisotopic (exact) mass is 530 g/mol. The van der Waals surface area contributed by atoms with E-state index >= 15 is 0 Å². The average Bonchev–Trinajstić information content (AvgIpc) is 2.86. The number of rotatable bonds is 7. The minimum absolute atomic E-state index is 0.0384. The molecule has 0 saturated heterocycles. The molecule has 0 aliphatic rings. The standard InChI is InChI=1S/C29H27BrN2O3/c1-4-32(26-11-7-9-20-8-5-6-10-24(20)26)29(34)21-12-15-23(16-13-21)31-28(33)22-14-17-27(25(30)18-22)35-19(2)3/h5-19H,4H2,1-3H3,(H,31,33). The van der Waals surface area contributed by atoms with Gasteiger partial charge >= 0.3 is 0 Å². The summed E-state index contributed by atoms with van der Waals surface area (Å²) < 4.78 is 6.42. The largest absolute Gasteiger partial charge is 0.490 e. The molecule has 0 unspecified atom stereocenters. The third-order valence-corrected chi connectivity index (χ3v) is 6.18. The number of nitrogens with one attached hydrogen (secondary N) is 1. The number of hydrogen-bond acceptors (Lipinski definition) is 3. The molecule has 0 radical (unpaired) electrons. The maximum atomic E-state index is 13.3. The maximum Gasteiger partial charge on any atom is 0.258 e. The van der Waals surface area contributed by atoms with Gasteiger partial charge in [-0.3, -0.25) is 9.59 Å². The number of fused-ring (bicyclic) bond motifs is 1. The molecule has 0 spiro atoms. The van der Waals surface area contributed by atoms with Crippen molar-refractivity contribution in [1.82, 2.24) is 0 Å². The molecule has 0 aliphatic carbocycles. The summed E-state index contributed by atoms with van der Waals surface area (Å²) in [5, 5.41) is 5.01. The molecule has 4 rings (SSSR count). The molecule has 0 saturated carbocycles. The lowest BCUT2D eigenvalue weighted by atomic mass is 10.1. The van der Waals surface area contributed by atoms with Crippen LogP contribution < -0.4 is 15.0 Å². The zero-order chi connectivity index (χ0) is 24.9. The third-order valence-electron chi connectivity index (χ3n) is 5.57. The highest BCUT2D eigenvalue weighted by molar-refractivity contribution is 9.10. The Kier molecular flexibility index (Phi) is 7.51. The van der Waals surface area contributed by atoms with E-state index in [1.807, 2.05) is 63.2 Å². The van der Waals surface area contributed by atoms with Crippen LogP contribution in [-0.4, -0.2) is 24.5 Å². The summed E-state index contributed by atoms with van der Waals surface area (Å²) in [7, 11) is 0. The second kappa shape index (κ2) is 10.7. The van der Waals surface area contributed by atoms with Gasteiger partial charge in [-0.1, -0.05) is 36.4 Å². The Hall–Kier alpha value is -3.64. The summed E-state index contributed by atoms with van der Waals surface area (Å²) in [4.78, 5) is 27.8. The Labute approximate surface area is 213 Å². The molecule has 0 aromatic heterocycles. The minimum atomic E-state index is -0.244. The number of carbonyl (C=O) groups excluding carboxylic acids is 2. The Bertz CT molecular complexity index is 1360. The van der Waals surface area contributed by atoms with Gasteiger partial charge in [-0.2, -0.15) is 0 Å². The van der Waals surface area contributed by atoms with Crippen LogP contribution in [0.5, 0.6) is 5.75 Å². The molecule has 2 amide bonds. The SMILES string of the molecule is CCN(C(=O)c1ccc(NC(=O)c2ccc(OC(C)C)c(Br)c2)cc1)c1cccc2ccccc12. The number of ether oxygens (including phenoxy) is 1. The molecule has 5 nitrogen and oxygen atoms in total. The van der Waals surface area contributed by atoms with Crippen molar-refractivity contribution in [3.63, 3.8) is 0 Å². The van der Waals surface area contributed by atoms with Crippen LogP contribution in [0.15, 0.2) is 89.4 Å². The summed E-state index contributed by atoms with van der Waals surface area (Å²) in [5.41, 5.74) is 2.54. The van der Waals surface area contributed by atoms with Gasteiger partial charge in [0.15, 0.2) is 0 Å². The maximum absolute atomic E-state index is 13.3. The van der Waals surface area contributed by atoms with Crippen molar-refractivity contribution >= 4 is 49.9 Å². The van der Waals surface area contributed by atoms with Crippen molar-refractivity contribution in [2.24, 2.45) is 0 Å². The van der Waals surface area contributed by atoms with E-state index in [0.717, 1.165) is 16.5 Å².